The maximum atomic E-state index is 12.5. The lowest BCUT2D eigenvalue weighted by molar-refractivity contribution is -0.0547. The average molecular weight is 380 g/mol. The molecule has 2 heterocycles. The topological polar surface area (TPSA) is 83.5 Å². The molecule has 0 saturated heterocycles. The molecular formula is C21H16O7. The van der Waals surface area contributed by atoms with Crippen LogP contribution in [-0.4, -0.2) is 32.1 Å². The van der Waals surface area contributed by atoms with Crippen LogP contribution in [0.3, 0.4) is 0 Å². The number of benzene rings is 3. The Kier molecular flexibility index (Phi) is 3.60. The molecule has 0 aromatic heterocycles. The zero-order valence-electron chi connectivity index (χ0n) is 15.1. The molecule has 1 N–H and O–H groups in total. The summed E-state index contributed by atoms with van der Waals surface area (Å²) >= 11 is 0. The first-order valence-electron chi connectivity index (χ1n) is 8.62. The van der Waals surface area contributed by atoms with Gasteiger partial charge in [-0.1, -0.05) is 6.07 Å². The highest BCUT2D eigenvalue weighted by atomic mass is 16.7. The van der Waals surface area contributed by atoms with Gasteiger partial charge in [0.2, 0.25) is 13.1 Å². The molecule has 7 heteroatoms. The molecule has 142 valence electrons. The maximum Gasteiger partial charge on any atom is 0.341 e. The molecule has 2 aliphatic heterocycles. The largest absolute Gasteiger partial charge is 0.493 e. The van der Waals surface area contributed by atoms with Gasteiger partial charge in [0.1, 0.15) is 0 Å². The van der Waals surface area contributed by atoms with E-state index in [-0.39, 0.29) is 6.79 Å². The summed E-state index contributed by atoms with van der Waals surface area (Å²) in [6, 6.07) is 10.8. The van der Waals surface area contributed by atoms with E-state index in [0.717, 1.165) is 16.3 Å². The first kappa shape index (κ1) is 16.7. The van der Waals surface area contributed by atoms with E-state index < -0.39 is 12.3 Å². The van der Waals surface area contributed by atoms with Crippen LogP contribution in [0.2, 0.25) is 0 Å². The van der Waals surface area contributed by atoms with Gasteiger partial charge >= 0.3 is 5.97 Å². The Bertz CT molecular complexity index is 1140. The predicted octanol–water partition coefficient (Wildman–Crippen LogP) is 3.41. The van der Waals surface area contributed by atoms with Gasteiger partial charge in [0.25, 0.3) is 0 Å². The minimum atomic E-state index is -1.31. The molecule has 5 rings (SSSR count). The molecule has 2 aliphatic rings. The lowest BCUT2D eigenvalue weighted by atomic mass is 9.90. The number of hydrogen-bond donors (Lipinski definition) is 1. The Morgan fingerprint density at radius 1 is 0.964 bits per heavy atom. The second kappa shape index (κ2) is 6.03. The van der Waals surface area contributed by atoms with Crippen molar-refractivity contribution in [3.63, 3.8) is 0 Å². The zero-order valence-corrected chi connectivity index (χ0v) is 15.1. The van der Waals surface area contributed by atoms with E-state index >= 15 is 0 Å². The van der Waals surface area contributed by atoms with Crippen LogP contribution < -0.4 is 18.9 Å². The van der Waals surface area contributed by atoms with E-state index in [1.807, 2.05) is 18.2 Å². The van der Waals surface area contributed by atoms with Crippen LogP contribution in [0.5, 0.6) is 23.0 Å². The third kappa shape index (κ3) is 2.30. The van der Waals surface area contributed by atoms with E-state index in [1.54, 1.807) is 32.4 Å². The molecule has 0 radical (unpaired) electrons. The number of hydrogen-bond acceptors (Lipinski definition) is 7. The Morgan fingerprint density at radius 2 is 1.71 bits per heavy atom. The normalized spacial score (nSPS) is 16.8. The van der Waals surface area contributed by atoms with Crippen molar-refractivity contribution >= 4 is 16.7 Å². The molecule has 3 aromatic rings. The first-order chi connectivity index (χ1) is 13.6. The van der Waals surface area contributed by atoms with Crippen molar-refractivity contribution < 1.29 is 33.6 Å². The second-order valence-electron chi connectivity index (χ2n) is 6.47. The fraction of sp³-hybridized carbons (Fsp3) is 0.190. The van der Waals surface area contributed by atoms with Crippen LogP contribution in [0.4, 0.5) is 0 Å². The van der Waals surface area contributed by atoms with Crippen molar-refractivity contribution in [3.8, 4) is 34.1 Å². The highest BCUT2D eigenvalue weighted by Gasteiger charge is 2.34. The summed E-state index contributed by atoms with van der Waals surface area (Å²) in [6.45, 7) is 0.151. The minimum Gasteiger partial charge on any atom is -0.493 e. The summed E-state index contributed by atoms with van der Waals surface area (Å²) in [5.41, 5.74) is 2.11. The molecule has 0 amide bonds. The molecule has 0 fully saturated rings. The summed E-state index contributed by atoms with van der Waals surface area (Å²) in [4.78, 5) is 12.5. The Hall–Kier alpha value is -3.45. The summed E-state index contributed by atoms with van der Waals surface area (Å²) in [7, 11) is 3.10. The monoisotopic (exact) mass is 380 g/mol. The van der Waals surface area contributed by atoms with Crippen molar-refractivity contribution in [1.82, 2.24) is 0 Å². The second-order valence-corrected chi connectivity index (χ2v) is 6.47. The molecule has 0 saturated carbocycles. The van der Waals surface area contributed by atoms with Gasteiger partial charge in [-0.15, -0.1) is 0 Å². The van der Waals surface area contributed by atoms with Crippen molar-refractivity contribution in [1.29, 1.82) is 0 Å². The lowest BCUT2D eigenvalue weighted by Crippen LogP contribution is -2.00. The summed E-state index contributed by atoms with van der Waals surface area (Å²) in [6.07, 6.45) is -1.31. The first-order valence-corrected chi connectivity index (χ1v) is 8.62. The van der Waals surface area contributed by atoms with E-state index in [9.17, 15) is 9.90 Å². The summed E-state index contributed by atoms with van der Waals surface area (Å²) in [5, 5.41) is 11.8. The number of methoxy groups -OCH3 is 2. The molecular weight excluding hydrogens is 364 g/mol. The Labute approximate surface area is 160 Å². The van der Waals surface area contributed by atoms with Gasteiger partial charge in [-0.3, -0.25) is 0 Å². The van der Waals surface area contributed by atoms with Crippen molar-refractivity contribution in [2.75, 3.05) is 21.0 Å². The van der Waals surface area contributed by atoms with Crippen molar-refractivity contribution in [3.05, 3.63) is 47.5 Å². The Balaban J connectivity index is 1.87. The smallest absolute Gasteiger partial charge is 0.341 e. The van der Waals surface area contributed by atoms with E-state index in [4.69, 9.17) is 23.7 Å². The van der Waals surface area contributed by atoms with E-state index in [1.165, 1.54) is 0 Å². The number of cyclic esters (lactones) is 1. The molecule has 28 heavy (non-hydrogen) atoms. The number of esters is 1. The number of rotatable bonds is 3. The standard InChI is InChI=1S/C21H16O7/c1-24-15-7-11-5-13-19(21(23)28-20(13)22)18(12(11)8-16(15)25-2)10-3-4-14-17(6-10)27-9-26-14/h3-8,20,22H,9H2,1-2H3/t20-/m0/s1. The average Bonchev–Trinajstić information content (AvgIpc) is 3.28. The van der Waals surface area contributed by atoms with Gasteiger partial charge < -0.3 is 28.8 Å². The molecule has 0 bridgehead atoms. The minimum absolute atomic E-state index is 0.151. The predicted molar refractivity (Wildman–Crippen MR) is 99.0 cm³/mol. The third-order valence-electron chi connectivity index (χ3n) is 5.02. The van der Waals surface area contributed by atoms with Gasteiger partial charge in [-0.2, -0.15) is 0 Å². The van der Waals surface area contributed by atoms with Gasteiger partial charge in [0.05, 0.1) is 19.8 Å². The van der Waals surface area contributed by atoms with Crippen molar-refractivity contribution in [2.24, 2.45) is 0 Å². The van der Waals surface area contributed by atoms with Crippen LogP contribution in [-0.2, 0) is 4.74 Å². The van der Waals surface area contributed by atoms with Crippen LogP contribution in [0.1, 0.15) is 22.2 Å². The van der Waals surface area contributed by atoms with E-state index in [2.05, 4.69) is 0 Å². The van der Waals surface area contributed by atoms with Gasteiger partial charge in [-0.25, -0.2) is 4.79 Å². The molecule has 0 aliphatic carbocycles. The number of aliphatic hydroxyl groups excluding tert-OH is 1. The molecule has 0 unspecified atom stereocenters. The number of carbonyl (C=O) groups is 1. The fourth-order valence-electron chi connectivity index (χ4n) is 3.74. The van der Waals surface area contributed by atoms with E-state index in [0.29, 0.717) is 39.7 Å². The zero-order chi connectivity index (χ0) is 19.4. The van der Waals surface area contributed by atoms with Crippen molar-refractivity contribution in [2.45, 2.75) is 6.29 Å². The highest BCUT2D eigenvalue weighted by molar-refractivity contribution is 6.11. The van der Waals surface area contributed by atoms with Gasteiger partial charge in [0, 0.05) is 11.1 Å². The fourth-order valence-corrected chi connectivity index (χ4v) is 3.74. The number of ether oxygens (including phenoxy) is 5. The molecule has 1 atom stereocenters. The van der Waals surface area contributed by atoms with Gasteiger partial charge in [0.15, 0.2) is 23.0 Å². The van der Waals surface area contributed by atoms with Crippen LogP contribution in [0.25, 0.3) is 21.9 Å². The summed E-state index contributed by atoms with van der Waals surface area (Å²) < 4.78 is 26.8. The highest BCUT2D eigenvalue weighted by Crippen LogP contribution is 2.46. The molecule has 3 aromatic carbocycles. The van der Waals surface area contributed by atoms with Crippen LogP contribution in [0.15, 0.2) is 36.4 Å². The Morgan fingerprint density at radius 3 is 2.50 bits per heavy atom. The molecule has 0 spiro atoms. The quantitative estimate of drug-likeness (QED) is 0.697. The lowest BCUT2D eigenvalue weighted by Gasteiger charge is -2.15. The van der Waals surface area contributed by atoms with Crippen LogP contribution in [0, 0.1) is 0 Å². The number of fused-ring (bicyclic) bond motifs is 3. The van der Waals surface area contributed by atoms with Gasteiger partial charge in [-0.05, 0) is 46.7 Å². The molecule has 7 nitrogen and oxygen atoms in total. The van der Waals surface area contributed by atoms with Crippen LogP contribution >= 0.6 is 0 Å². The number of aliphatic hydroxyl groups is 1. The third-order valence-corrected chi connectivity index (χ3v) is 5.02. The maximum absolute atomic E-state index is 12.5. The SMILES string of the molecule is COc1cc2cc3c(c(-c4ccc5c(c4)OCO5)c2cc1OC)C(=O)O[C@@H]3O. The summed E-state index contributed by atoms with van der Waals surface area (Å²) in [5.74, 6) is 1.74. The number of carbonyl (C=O) groups excluding carboxylic acids is 1.